The molecule has 1 atom stereocenters. The van der Waals surface area contributed by atoms with E-state index >= 15 is 0 Å². The first-order valence-corrected chi connectivity index (χ1v) is 7.54. The molecule has 0 aromatic heterocycles. The van der Waals surface area contributed by atoms with E-state index in [9.17, 15) is 4.39 Å². The zero-order valence-electron chi connectivity index (χ0n) is 12.7. The molecule has 0 heterocycles. The second-order valence-electron chi connectivity index (χ2n) is 5.79. The first kappa shape index (κ1) is 16.2. The lowest BCUT2D eigenvalue weighted by Gasteiger charge is -2.26. The molecule has 0 spiro atoms. The van der Waals surface area contributed by atoms with Crippen LogP contribution in [0.4, 0.5) is 4.39 Å². The molecule has 0 fully saturated rings. The maximum Gasteiger partial charge on any atom is 0.123 e. The highest BCUT2D eigenvalue weighted by Gasteiger charge is 2.20. The van der Waals surface area contributed by atoms with Gasteiger partial charge in [0.2, 0.25) is 0 Å². The average Bonchev–Trinajstić information content (AvgIpc) is 2.39. The maximum atomic E-state index is 13.1. The van der Waals surface area contributed by atoms with Crippen LogP contribution in [0.25, 0.3) is 0 Å². The molecule has 0 saturated carbocycles. The summed E-state index contributed by atoms with van der Waals surface area (Å²) in [5.41, 5.74) is 1.26. The van der Waals surface area contributed by atoms with Crippen molar-refractivity contribution in [2.24, 2.45) is 11.8 Å². The summed E-state index contributed by atoms with van der Waals surface area (Å²) in [4.78, 5) is 0. The number of hydrogen-bond donors (Lipinski definition) is 1. The zero-order chi connectivity index (χ0) is 14.3. The van der Waals surface area contributed by atoms with Crippen molar-refractivity contribution in [1.82, 2.24) is 5.32 Å². The Kier molecular flexibility index (Phi) is 7.07. The summed E-state index contributed by atoms with van der Waals surface area (Å²) in [6, 6.07) is 7.03. The third kappa shape index (κ3) is 5.32. The van der Waals surface area contributed by atoms with Gasteiger partial charge in [-0.25, -0.2) is 4.39 Å². The van der Waals surface area contributed by atoms with Gasteiger partial charge in [0, 0.05) is 6.54 Å². The predicted octanol–water partition coefficient (Wildman–Crippen LogP) is 4.59. The molecular weight excluding hydrogens is 237 g/mol. The average molecular weight is 265 g/mol. The summed E-state index contributed by atoms with van der Waals surface area (Å²) in [5, 5.41) is 3.55. The van der Waals surface area contributed by atoms with Crippen molar-refractivity contribution in [3.63, 3.8) is 0 Å². The van der Waals surface area contributed by atoms with Crippen LogP contribution in [0.1, 0.15) is 52.0 Å². The third-order valence-corrected chi connectivity index (χ3v) is 3.83. The highest BCUT2D eigenvalue weighted by atomic mass is 19.1. The van der Waals surface area contributed by atoms with E-state index in [1.165, 1.54) is 18.4 Å². The van der Waals surface area contributed by atoms with E-state index < -0.39 is 0 Å². The summed E-state index contributed by atoms with van der Waals surface area (Å²) in [7, 11) is 0. The highest BCUT2D eigenvalue weighted by molar-refractivity contribution is 5.21. The predicted molar refractivity (Wildman–Crippen MR) is 80.9 cm³/mol. The Morgan fingerprint density at radius 3 is 2.05 bits per heavy atom. The number of halogens is 1. The van der Waals surface area contributed by atoms with Gasteiger partial charge in [0.25, 0.3) is 0 Å². The summed E-state index contributed by atoms with van der Waals surface area (Å²) < 4.78 is 13.1. The second kappa shape index (κ2) is 8.31. The Morgan fingerprint density at radius 2 is 1.58 bits per heavy atom. The third-order valence-electron chi connectivity index (χ3n) is 3.83. The van der Waals surface area contributed by atoms with Gasteiger partial charge in [-0.05, 0) is 42.0 Å². The molecule has 0 radical (unpaired) electrons. The smallest absolute Gasteiger partial charge is 0.123 e. The lowest BCUT2D eigenvalue weighted by molar-refractivity contribution is 0.372. The van der Waals surface area contributed by atoms with E-state index in [1.807, 2.05) is 12.1 Å². The molecule has 1 aromatic rings. The quantitative estimate of drug-likeness (QED) is 0.725. The monoisotopic (exact) mass is 265 g/mol. The molecule has 0 saturated heterocycles. The minimum atomic E-state index is -0.151. The van der Waals surface area contributed by atoms with Gasteiger partial charge < -0.3 is 5.32 Å². The summed E-state index contributed by atoms with van der Waals surface area (Å²) in [6.07, 6.45) is 2.34. The van der Waals surface area contributed by atoms with E-state index in [1.54, 1.807) is 12.1 Å². The van der Waals surface area contributed by atoms with Crippen LogP contribution in [0.5, 0.6) is 0 Å². The molecule has 1 rings (SSSR count). The zero-order valence-corrected chi connectivity index (χ0v) is 12.7. The minimum absolute atomic E-state index is 0.151. The van der Waals surface area contributed by atoms with Crippen LogP contribution < -0.4 is 5.32 Å². The van der Waals surface area contributed by atoms with Gasteiger partial charge in [-0.15, -0.1) is 0 Å². The molecule has 1 unspecified atom stereocenters. The van der Waals surface area contributed by atoms with Crippen molar-refractivity contribution in [2.45, 2.75) is 46.5 Å². The molecular formula is C17H28FN. The largest absolute Gasteiger partial charge is 0.316 e. The van der Waals surface area contributed by atoms with Crippen LogP contribution in [-0.2, 0) is 0 Å². The van der Waals surface area contributed by atoms with Crippen LogP contribution in [0.3, 0.4) is 0 Å². The van der Waals surface area contributed by atoms with Crippen molar-refractivity contribution in [2.75, 3.05) is 13.1 Å². The first-order valence-electron chi connectivity index (χ1n) is 7.54. The van der Waals surface area contributed by atoms with Crippen molar-refractivity contribution in [1.29, 1.82) is 0 Å². The lowest BCUT2D eigenvalue weighted by Crippen LogP contribution is -2.29. The lowest BCUT2D eigenvalue weighted by atomic mass is 9.82. The Bertz CT molecular complexity index is 341. The normalized spacial score (nSPS) is 13.2. The topological polar surface area (TPSA) is 12.0 Å². The van der Waals surface area contributed by atoms with E-state index in [-0.39, 0.29) is 5.82 Å². The van der Waals surface area contributed by atoms with E-state index in [0.717, 1.165) is 13.1 Å². The molecule has 0 amide bonds. The number of benzene rings is 1. The van der Waals surface area contributed by atoms with Gasteiger partial charge in [-0.2, -0.15) is 0 Å². The van der Waals surface area contributed by atoms with E-state index in [2.05, 4.69) is 33.0 Å². The molecule has 2 heteroatoms. The molecule has 0 aliphatic carbocycles. The van der Waals surface area contributed by atoms with Crippen LogP contribution in [0.2, 0.25) is 0 Å². The Balaban J connectivity index is 2.76. The molecule has 0 aliphatic rings. The molecule has 0 bridgehead atoms. The van der Waals surface area contributed by atoms with Crippen LogP contribution in [0.15, 0.2) is 24.3 Å². The van der Waals surface area contributed by atoms with Gasteiger partial charge in [0.15, 0.2) is 0 Å². The molecule has 1 aromatic carbocycles. The molecule has 108 valence electrons. The molecule has 0 aliphatic heterocycles. The number of rotatable bonds is 8. The number of hydrogen-bond acceptors (Lipinski definition) is 1. The van der Waals surface area contributed by atoms with Gasteiger partial charge in [-0.1, -0.05) is 52.7 Å². The fraction of sp³-hybridized carbons (Fsp3) is 0.647. The fourth-order valence-electron chi connectivity index (χ4n) is 2.65. The Hall–Kier alpha value is -0.890. The van der Waals surface area contributed by atoms with Crippen molar-refractivity contribution in [3.05, 3.63) is 35.6 Å². The van der Waals surface area contributed by atoms with Gasteiger partial charge in [0.1, 0.15) is 5.82 Å². The summed E-state index contributed by atoms with van der Waals surface area (Å²) in [6.45, 7) is 10.9. The van der Waals surface area contributed by atoms with Crippen molar-refractivity contribution in [3.8, 4) is 0 Å². The van der Waals surface area contributed by atoms with E-state index in [0.29, 0.717) is 17.8 Å². The highest BCUT2D eigenvalue weighted by Crippen LogP contribution is 2.29. The Morgan fingerprint density at radius 1 is 1.00 bits per heavy atom. The molecule has 1 N–H and O–H groups in total. The molecule has 1 nitrogen and oxygen atoms in total. The van der Waals surface area contributed by atoms with Crippen LogP contribution in [-0.4, -0.2) is 13.1 Å². The second-order valence-corrected chi connectivity index (χ2v) is 5.79. The minimum Gasteiger partial charge on any atom is -0.316 e. The van der Waals surface area contributed by atoms with Crippen LogP contribution >= 0.6 is 0 Å². The SMILES string of the molecule is CCC(CC)C(CNCC(C)C)c1ccc(F)cc1. The first-order chi connectivity index (χ1) is 9.08. The standard InChI is InChI=1S/C17H28FN/c1-5-14(6-2)17(12-19-11-13(3)4)15-7-9-16(18)10-8-15/h7-10,13-14,17,19H,5-6,11-12H2,1-4H3. The van der Waals surface area contributed by atoms with Crippen LogP contribution in [0, 0.1) is 17.7 Å². The maximum absolute atomic E-state index is 13.1. The van der Waals surface area contributed by atoms with Gasteiger partial charge in [-0.3, -0.25) is 0 Å². The Labute approximate surface area is 117 Å². The number of nitrogens with one attached hydrogen (secondary N) is 1. The summed E-state index contributed by atoms with van der Waals surface area (Å²) >= 11 is 0. The molecule has 19 heavy (non-hydrogen) atoms. The summed E-state index contributed by atoms with van der Waals surface area (Å²) in [5.74, 6) is 1.65. The fourth-order valence-corrected chi connectivity index (χ4v) is 2.65. The van der Waals surface area contributed by atoms with Gasteiger partial charge >= 0.3 is 0 Å². The van der Waals surface area contributed by atoms with Gasteiger partial charge in [0.05, 0.1) is 0 Å². The van der Waals surface area contributed by atoms with E-state index in [4.69, 9.17) is 0 Å². The van der Waals surface area contributed by atoms with Crippen molar-refractivity contribution < 1.29 is 4.39 Å². The van der Waals surface area contributed by atoms with Crippen molar-refractivity contribution >= 4 is 0 Å².